The second-order valence-electron chi connectivity index (χ2n) is 12.6. The fourth-order valence-electron chi connectivity index (χ4n) is 5.24. The van der Waals surface area contributed by atoms with Crippen LogP contribution in [-0.2, 0) is 28.9 Å². The molecule has 7 N–H and O–H groups in total. The summed E-state index contributed by atoms with van der Waals surface area (Å²) in [5.41, 5.74) is 0. The van der Waals surface area contributed by atoms with Crippen LogP contribution < -0.4 is 5.32 Å². The molecule has 1 rings (SSSR count). The summed E-state index contributed by atoms with van der Waals surface area (Å²) in [6.07, 6.45) is 18.3. The van der Waals surface area contributed by atoms with Crippen LogP contribution in [-0.4, -0.2) is 107 Å². The molecule has 0 saturated carbocycles. The highest BCUT2D eigenvalue weighted by atomic mass is 32.3. The van der Waals surface area contributed by atoms with Gasteiger partial charge in [-0.3, -0.25) is 9.35 Å². The van der Waals surface area contributed by atoms with Gasteiger partial charge in [-0.25, -0.2) is 4.18 Å². The topological polar surface area (TPSA) is 212 Å². The van der Waals surface area contributed by atoms with E-state index in [1.807, 2.05) is 6.08 Å². The van der Waals surface area contributed by atoms with Crippen molar-refractivity contribution in [3.05, 3.63) is 48.6 Å². The summed E-state index contributed by atoms with van der Waals surface area (Å²) in [7, 11) is -5.11. The highest BCUT2D eigenvalue weighted by molar-refractivity contribution is 7.80. The van der Waals surface area contributed by atoms with Crippen LogP contribution in [0.25, 0.3) is 0 Å². The summed E-state index contributed by atoms with van der Waals surface area (Å²) in [6, 6.07) is -1.14. The molecule has 0 aromatic rings. The quantitative estimate of drug-likeness (QED) is 0.0264. The van der Waals surface area contributed by atoms with Crippen molar-refractivity contribution in [2.75, 3.05) is 13.2 Å². The van der Waals surface area contributed by atoms with Crippen LogP contribution >= 0.6 is 0 Å². The first kappa shape index (κ1) is 46.0. The normalized spacial score (nSPS) is 23.7. The van der Waals surface area contributed by atoms with Crippen molar-refractivity contribution in [2.45, 2.75) is 159 Å². The molecular weight excluding hydrogens is 670 g/mol. The van der Waals surface area contributed by atoms with E-state index in [-0.39, 0.29) is 6.42 Å². The van der Waals surface area contributed by atoms with Gasteiger partial charge in [-0.2, -0.15) is 8.42 Å². The van der Waals surface area contributed by atoms with Crippen LogP contribution in [0, 0.1) is 0 Å². The molecule has 8 unspecified atom stereocenters. The Kier molecular flexibility index (Phi) is 25.5. The van der Waals surface area contributed by atoms with Crippen molar-refractivity contribution in [1.82, 2.24) is 5.32 Å². The number of amides is 1. The smallest absolute Gasteiger partial charge is 0.394 e. The zero-order valence-electron chi connectivity index (χ0n) is 29.8. The molecule has 1 aliphatic heterocycles. The summed E-state index contributed by atoms with van der Waals surface area (Å²) in [5.74, 6) is -0.734. The second-order valence-corrected chi connectivity index (χ2v) is 13.7. The van der Waals surface area contributed by atoms with Gasteiger partial charge >= 0.3 is 10.4 Å². The Morgan fingerprint density at radius 3 is 2.08 bits per heavy atom. The Balaban J connectivity index is 2.70. The minimum atomic E-state index is -5.11. The molecule has 1 saturated heterocycles. The van der Waals surface area contributed by atoms with Gasteiger partial charge in [0.25, 0.3) is 0 Å². The van der Waals surface area contributed by atoms with E-state index in [0.717, 1.165) is 57.8 Å². The predicted molar refractivity (Wildman–Crippen MR) is 191 cm³/mol. The molecular formula is C36H63NO12S. The number of unbranched alkanes of at least 4 members (excludes halogenated alkanes) is 10. The molecule has 290 valence electrons. The number of rotatable bonds is 28. The van der Waals surface area contributed by atoms with E-state index in [1.165, 1.54) is 25.3 Å². The number of aliphatic hydroxyl groups is 5. The van der Waals surface area contributed by atoms with Gasteiger partial charge < -0.3 is 40.3 Å². The summed E-state index contributed by atoms with van der Waals surface area (Å²) < 4.78 is 47.0. The van der Waals surface area contributed by atoms with Crippen molar-refractivity contribution >= 4 is 16.3 Å². The fraction of sp³-hybridized carbons (Fsp3) is 0.750. The SMILES string of the molecule is CCC/C=C/CC/C=C/C(O)C(COC1OC(CO)C(O)C(OS(=O)(=O)O)C1O)NC(=O)C(O)CCCCCCC/C=C\C=C/CCCCC. The number of hydrogen-bond donors (Lipinski definition) is 7. The standard InChI is InChI=1S/C36H63NO12S/c1-3-5-7-9-11-12-13-14-15-16-17-19-21-23-25-30(40)35(43)37-28(29(39)24-22-20-18-10-8-6-4-2)27-47-36-33(42)34(49-50(44,45)46)32(41)31(26-38)48-36/h8,10-14,22,24,28-34,36,38-42H,3-7,9,15-21,23,25-27H2,1-2H3,(H,37,43)(H,44,45,46)/b10-8+,12-11-,14-13-,24-22+. The number of ether oxygens (including phenoxy) is 2. The van der Waals surface area contributed by atoms with Gasteiger partial charge in [0.1, 0.15) is 30.5 Å². The van der Waals surface area contributed by atoms with Crippen LogP contribution in [0.2, 0.25) is 0 Å². The molecule has 8 atom stereocenters. The summed E-state index contributed by atoms with van der Waals surface area (Å²) in [6.45, 7) is 2.98. The van der Waals surface area contributed by atoms with Crippen LogP contribution in [0.5, 0.6) is 0 Å². The fourth-order valence-corrected chi connectivity index (χ4v) is 5.74. The molecule has 14 heteroatoms. The highest BCUT2D eigenvalue weighted by Crippen LogP contribution is 2.26. The van der Waals surface area contributed by atoms with E-state index in [9.17, 15) is 38.7 Å². The van der Waals surface area contributed by atoms with Crippen molar-refractivity contribution in [2.24, 2.45) is 0 Å². The third-order valence-corrected chi connectivity index (χ3v) is 8.66. The van der Waals surface area contributed by atoms with Gasteiger partial charge in [0.15, 0.2) is 6.29 Å². The number of carbonyl (C=O) groups excluding carboxylic acids is 1. The van der Waals surface area contributed by atoms with Crippen molar-refractivity contribution in [3.63, 3.8) is 0 Å². The number of allylic oxidation sites excluding steroid dienone is 7. The molecule has 0 aromatic heterocycles. The van der Waals surface area contributed by atoms with Gasteiger partial charge in [-0.05, 0) is 51.4 Å². The lowest BCUT2D eigenvalue weighted by molar-refractivity contribution is -0.298. The summed E-state index contributed by atoms with van der Waals surface area (Å²) >= 11 is 0. The molecule has 50 heavy (non-hydrogen) atoms. The molecule has 1 fully saturated rings. The zero-order valence-corrected chi connectivity index (χ0v) is 30.6. The lowest BCUT2D eigenvalue weighted by Gasteiger charge is -2.41. The maximum atomic E-state index is 12.9. The molecule has 0 radical (unpaired) electrons. The number of hydrogen-bond acceptors (Lipinski definition) is 11. The first-order valence-electron chi connectivity index (χ1n) is 18.1. The van der Waals surface area contributed by atoms with E-state index in [2.05, 4.69) is 53.7 Å². The third-order valence-electron chi connectivity index (χ3n) is 8.20. The zero-order chi connectivity index (χ0) is 37.2. The third kappa shape index (κ3) is 20.8. The molecule has 1 amide bonds. The van der Waals surface area contributed by atoms with E-state index in [0.29, 0.717) is 12.8 Å². The maximum absolute atomic E-state index is 12.9. The van der Waals surface area contributed by atoms with Gasteiger partial charge in [0, 0.05) is 0 Å². The number of aliphatic hydroxyl groups excluding tert-OH is 5. The van der Waals surface area contributed by atoms with Gasteiger partial charge in [-0.15, -0.1) is 0 Å². The molecule has 1 aliphatic rings. The first-order valence-corrected chi connectivity index (χ1v) is 19.5. The Bertz CT molecular complexity index is 1110. The average molecular weight is 734 g/mol. The van der Waals surface area contributed by atoms with Crippen molar-refractivity contribution < 1.29 is 57.0 Å². The highest BCUT2D eigenvalue weighted by Gasteiger charge is 2.48. The van der Waals surface area contributed by atoms with Gasteiger partial charge in [0.05, 0.1) is 25.4 Å². The Labute approximate surface area is 299 Å². The second kappa shape index (κ2) is 27.6. The van der Waals surface area contributed by atoms with Crippen LogP contribution in [0.4, 0.5) is 0 Å². The van der Waals surface area contributed by atoms with E-state index >= 15 is 0 Å². The average Bonchev–Trinajstić information content (AvgIpc) is 3.08. The molecule has 0 bridgehead atoms. The van der Waals surface area contributed by atoms with E-state index in [4.69, 9.17) is 14.0 Å². The number of nitrogens with one attached hydrogen (secondary N) is 1. The van der Waals surface area contributed by atoms with Crippen LogP contribution in [0.1, 0.15) is 110 Å². The van der Waals surface area contributed by atoms with Crippen LogP contribution in [0.3, 0.4) is 0 Å². The monoisotopic (exact) mass is 733 g/mol. The maximum Gasteiger partial charge on any atom is 0.397 e. The summed E-state index contributed by atoms with van der Waals surface area (Å²) in [5, 5.41) is 54.5. The molecule has 13 nitrogen and oxygen atoms in total. The minimum Gasteiger partial charge on any atom is -0.394 e. The Hall–Kier alpha value is -1.98. The lowest BCUT2D eigenvalue weighted by Crippen LogP contribution is -2.61. The largest absolute Gasteiger partial charge is 0.397 e. The van der Waals surface area contributed by atoms with E-state index < -0.39 is 78.5 Å². The number of carbonyl (C=O) groups is 1. The van der Waals surface area contributed by atoms with Crippen molar-refractivity contribution in [3.8, 4) is 0 Å². The minimum absolute atomic E-state index is 0.216. The Morgan fingerprint density at radius 2 is 1.44 bits per heavy atom. The first-order chi connectivity index (χ1) is 23.9. The molecule has 0 aromatic carbocycles. The van der Waals surface area contributed by atoms with Gasteiger partial charge in [-0.1, -0.05) is 107 Å². The molecule has 0 aliphatic carbocycles. The van der Waals surface area contributed by atoms with E-state index in [1.54, 1.807) is 6.08 Å². The summed E-state index contributed by atoms with van der Waals surface area (Å²) in [4.78, 5) is 12.9. The van der Waals surface area contributed by atoms with Gasteiger partial charge in [0.2, 0.25) is 5.91 Å². The predicted octanol–water partition coefficient (Wildman–Crippen LogP) is 3.95. The Morgan fingerprint density at radius 1 is 0.820 bits per heavy atom. The molecule has 1 heterocycles. The molecule has 0 spiro atoms. The van der Waals surface area contributed by atoms with Crippen LogP contribution in [0.15, 0.2) is 48.6 Å². The van der Waals surface area contributed by atoms with Crippen molar-refractivity contribution in [1.29, 1.82) is 0 Å². The lowest BCUT2D eigenvalue weighted by atomic mass is 9.99.